The number of aromatic nitrogens is 4. The largest absolute Gasteiger partial charge is 0.452 e. The number of furan rings is 1. The van der Waals surface area contributed by atoms with Gasteiger partial charge in [-0.1, -0.05) is 109 Å². The van der Waals surface area contributed by atoms with E-state index in [1.54, 1.807) is 0 Å². The Kier molecular flexibility index (Phi) is 5.32. The van der Waals surface area contributed by atoms with Gasteiger partial charge in [-0.2, -0.15) is 0 Å². The number of benzene rings is 7. The van der Waals surface area contributed by atoms with Crippen LogP contribution in [-0.4, -0.2) is 19.1 Å². The van der Waals surface area contributed by atoms with Gasteiger partial charge in [-0.15, -0.1) is 0 Å². The highest BCUT2D eigenvalue weighted by atomic mass is 16.3. The fourth-order valence-corrected chi connectivity index (χ4v) is 7.80. The molecule has 228 valence electrons. The maximum absolute atomic E-state index is 6.73. The molecular formula is C44H26N4O. The molecule has 11 rings (SSSR count). The summed E-state index contributed by atoms with van der Waals surface area (Å²) in [5, 5.41) is 7.93. The van der Waals surface area contributed by atoms with Crippen LogP contribution in [0, 0.1) is 0 Å². The molecule has 0 amide bonds. The Balaban J connectivity index is 1.27. The van der Waals surface area contributed by atoms with Crippen LogP contribution in [0.25, 0.3) is 99.3 Å². The standard InChI is InChI=1S/C44H26N4O/c1-2-13-29(14-3-1)47-35-19-9-8-18-33(35)34-26-28(22-24-38(34)47)41-43-42(40-30-15-5-4-12-27(30)23-25-39(40)49-43)46-44(45-41)48-36-20-10-6-16-31(36)32-17-7-11-21-37(32)48/h1-26H. The molecule has 0 N–H and O–H groups in total. The van der Waals surface area contributed by atoms with Gasteiger partial charge in [-0.25, -0.2) is 9.97 Å². The lowest BCUT2D eigenvalue weighted by Gasteiger charge is -2.10. The van der Waals surface area contributed by atoms with Gasteiger partial charge in [-0.3, -0.25) is 4.57 Å². The molecule has 4 heterocycles. The van der Waals surface area contributed by atoms with Crippen molar-refractivity contribution in [2.75, 3.05) is 0 Å². The van der Waals surface area contributed by atoms with E-state index in [2.05, 4.69) is 167 Å². The molecule has 4 aromatic heterocycles. The van der Waals surface area contributed by atoms with Gasteiger partial charge in [0, 0.05) is 32.8 Å². The van der Waals surface area contributed by atoms with Crippen LogP contribution < -0.4 is 0 Å². The van der Waals surface area contributed by atoms with Crippen molar-refractivity contribution in [3.05, 3.63) is 158 Å². The molecule has 5 heteroatoms. The molecule has 0 atom stereocenters. The average molecular weight is 627 g/mol. The van der Waals surface area contributed by atoms with Crippen LogP contribution in [0.3, 0.4) is 0 Å². The number of rotatable bonds is 3. The average Bonchev–Trinajstić information content (AvgIpc) is 3.82. The minimum Gasteiger partial charge on any atom is -0.452 e. The van der Waals surface area contributed by atoms with Crippen LogP contribution in [-0.2, 0) is 0 Å². The van der Waals surface area contributed by atoms with Gasteiger partial charge >= 0.3 is 0 Å². The summed E-state index contributed by atoms with van der Waals surface area (Å²) in [6.45, 7) is 0. The van der Waals surface area contributed by atoms with Crippen molar-refractivity contribution < 1.29 is 4.42 Å². The first-order valence-electron chi connectivity index (χ1n) is 16.5. The molecule has 11 aromatic rings. The van der Waals surface area contributed by atoms with Crippen molar-refractivity contribution in [1.29, 1.82) is 0 Å². The number of nitrogens with zero attached hydrogens (tertiary/aromatic N) is 4. The lowest BCUT2D eigenvalue weighted by atomic mass is 10.0. The lowest BCUT2D eigenvalue weighted by Crippen LogP contribution is -2.03. The molecule has 0 radical (unpaired) electrons. The van der Waals surface area contributed by atoms with Crippen molar-refractivity contribution in [1.82, 2.24) is 19.1 Å². The molecule has 0 saturated heterocycles. The van der Waals surface area contributed by atoms with E-state index in [4.69, 9.17) is 14.4 Å². The molecule has 0 aliphatic heterocycles. The second-order valence-electron chi connectivity index (χ2n) is 12.6. The fourth-order valence-electron chi connectivity index (χ4n) is 7.80. The minimum atomic E-state index is 0.613. The third kappa shape index (κ3) is 3.70. The molecule has 5 nitrogen and oxygen atoms in total. The Morgan fingerprint density at radius 2 is 1.04 bits per heavy atom. The van der Waals surface area contributed by atoms with Crippen LogP contribution in [0.1, 0.15) is 0 Å². The van der Waals surface area contributed by atoms with Gasteiger partial charge < -0.3 is 8.98 Å². The fraction of sp³-hybridized carbons (Fsp3) is 0. The van der Waals surface area contributed by atoms with Gasteiger partial charge in [0.05, 0.1) is 27.5 Å². The summed E-state index contributed by atoms with van der Waals surface area (Å²) >= 11 is 0. The van der Waals surface area contributed by atoms with Crippen LogP contribution in [0.4, 0.5) is 0 Å². The van der Waals surface area contributed by atoms with Gasteiger partial charge in [0.1, 0.15) is 16.8 Å². The van der Waals surface area contributed by atoms with E-state index in [-0.39, 0.29) is 0 Å². The highest BCUT2D eigenvalue weighted by Gasteiger charge is 2.23. The van der Waals surface area contributed by atoms with Gasteiger partial charge in [0.25, 0.3) is 0 Å². The van der Waals surface area contributed by atoms with E-state index >= 15 is 0 Å². The monoisotopic (exact) mass is 626 g/mol. The molecule has 0 fully saturated rings. The molecule has 0 unspecified atom stereocenters. The third-order valence-corrected chi connectivity index (χ3v) is 9.93. The van der Waals surface area contributed by atoms with Crippen molar-refractivity contribution in [3.8, 4) is 22.9 Å². The van der Waals surface area contributed by atoms with Crippen LogP contribution >= 0.6 is 0 Å². The number of fused-ring (bicyclic) bond motifs is 11. The predicted octanol–water partition coefficient (Wildman–Crippen LogP) is 11.4. The van der Waals surface area contributed by atoms with Gasteiger partial charge in [0.15, 0.2) is 5.58 Å². The highest BCUT2D eigenvalue weighted by molar-refractivity contribution is 6.20. The SMILES string of the molecule is c1ccc(-n2c3ccccc3c3cc(-c4nc(-n5c6ccccc6c6ccccc65)nc5c4oc4ccc6ccccc6c45)ccc32)cc1. The van der Waals surface area contributed by atoms with Crippen LogP contribution in [0.2, 0.25) is 0 Å². The van der Waals surface area contributed by atoms with Gasteiger partial charge in [-0.05, 0) is 59.3 Å². The zero-order valence-electron chi connectivity index (χ0n) is 26.2. The molecule has 7 aromatic carbocycles. The predicted molar refractivity (Wildman–Crippen MR) is 201 cm³/mol. The topological polar surface area (TPSA) is 48.8 Å². The number of hydrogen-bond acceptors (Lipinski definition) is 3. The Morgan fingerprint density at radius 1 is 0.449 bits per heavy atom. The minimum absolute atomic E-state index is 0.613. The second kappa shape index (κ2) is 9.89. The molecule has 49 heavy (non-hydrogen) atoms. The maximum Gasteiger partial charge on any atom is 0.236 e. The zero-order chi connectivity index (χ0) is 32.1. The maximum atomic E-state index is 6.73. The molecule has 0 saturated carbocycles. The summed E-state index contributed by atoms with van der Waals surface area (Å²) in [5.41, 5.74) is 9.58. The Morgan fingerprint density at radius 3 is 1.78 bits per heavy atom. The van der Waals surface area contributed by atoms with Crippen LogP contribution in [0.5, 0.6) is 0 Å². The van der Waals surface area contributed by atoms with E-state index in [0.29, 0.717) is 11.5 Å². The van der Waals surface area contributed by atoms with E-state index in [1.165, 1.54) is 16.2 Å². The molecule has 0 spiro atoms. The molecular weight excluding hydrogens is 601 g/mol. The number of para-hydroxylation sites is 4. The highest BCUT2D eigenvalue weighted by Crippen LogP contribution is 2.41. The zero-order valence-corrected chi connectivity index (χ0v) is 26.2. The third-order valence-electron chi connectivity index (χ3n) is 9.93. The molecule has 0 aliphatic carbocycles. The lowest BCUT2D eigenvalue weighted by molar-refractivity contribution is 0.667. The molecule has 0 bridgehead atoms. The van der Waals surface area contributed by atoms with Crippen molar-refractivity contribution in [2.45, 2.75) is 0 Å². The first kappa shape index (κ1) is 26.4. The Labute approximate surface area is 279 Å². The summed E-state index contributed by atoms with van der Waals surface area (Å²) in [7, 11) is 0. The first-order valence-corrected chi connectivity index (χ1v) is 16.5. The van der Waals surface area contributed by atoms with Crippen molar-refractivity contribution in [2.24, 2.45) is 0 Å². The van der Waals surface area contributed by atoms with Gasteiger partial charge in [0.2, 0.25) is 5.95 Å². The van der Waals surface area contributed by atoms with E-state index in [1.807, 2.05) is 0 Å². The quantitative estimate of drug-likeness (QED) is 0.196. The summed E-state index contributed by atoms with van der Waals surface area (Å²) in [4.78, 5) is 10.7. The number of hydrogen-bond donors (Lipinski definition) is 0. The summed E-state index contributed by atoms with van der Waals surface area (Å²) in [6, 6.07) is 55.4. The van der Waals surface area contributed by atoms with E-state index in [0.717, 1.165) is 71.7 Å². The molecule has 0 aliphatic rings. The summed E-state index contributed by atoms with van der Waals surface area (Å²) in [5.74, 6) is 0.613. The van der Waals surface area contributed by atoms with E-state index < -0.39 is 0 Å². The van der Waals surface area contributed by atoms with E-state index in [9.17, 15) is 0 Å². The smallest absolute Gasteiger partial charge is 0.236 e. The summed E-state index contributed by atoms with van der Waals surface area (Å²) < 4.78 is 11.3. The first-order chi connectivity index (χ1) is 24.3. The van der Waals surface area contributed by atoms with Crippen molar-refractivity contribution >= 4 is 76.5 Å². The van der Waals surface area contributed by atoms with Crippen molar-refractivity contribution in [3.63, 3.8) is 0 Å². The second-order valence-corrected chi connectivity index (χ2v) is 12.6. The Hall–Kier alpha value is -6.72. The van der Waals surface area contributed by atoms with Crippen LogP contribution in [0.15, 0.2) is 162 Å². The Bertz CT molecular complexity index is 3060. The summed E-state index contributed by atoms with van der Waals surface area (Å²) in [6.07, 6.45) is 0. The normalized spacial score (nSPS) is 12.1.